The minimum atomic E-state index is -0.511. The lowest BCUT2D eigenvalue weighted by Crippen LogP contribution is -2.03. The summed E-state index contributed by atoms with van der Waals surface area (Å²) in [4.78, 5) is 16.9. The summed E-state index contributed by atoms with van der Waals surface area (Å²) in [5, 5.41) is 16.1. The third kappa shape index (κ3) is 4.30. The van der Waals surface area contributed by atoms with Gasteiger partial charge < -0.3 is 19.2 Å². The molecule has 4 aromatic rings. The maximum absolute atomic E-state index is 12.4. The summed E-state index contributed by atoms with van der Waals surface area (Å²) in [6, 6.07) is 14.1. The van der Waals surface area contributed by atoms with Crippen LogP contribution in [0.3, 0.4) is 0 Å². The second-order valence-electron chi connectivity index (χ2n) is 6.55. The number of ether oxygens (including phenoxy) is 2. The molecule has 4 rings (SSSR count). The number of fused-ring (bicyclic) bond motifs is 1. The molecule has 0 bridgehead atoms. The van der Waals surface area contributed by atoms with Gasteiger partial charge in [0.15, 0.2) is 11.5 Å². The molecule has 160 valence electrons. The molecule has 0 aliphatic heterocycles. The molecule has 0 unspecified atom stereocenters. The van der Waals surface area contributed by atoms with Crippen LogP contribution in [-0.2, 0) is 0 Å². The molecule has 0 radical (unpaired) electrons. The normalized spacial score (nSPS) is 11.2. The maximum Gasteiger partial charge on any atom is 0.345 e. The van der Waals surface area contributed by atoms with E-state index in [1.807, 2.05) is 0 Å². The van der Waals surface area contributed by atoms with Gasteiger partial charge >= 0.3 is 5.63 Å². The number of nitrogens with one attached hydrogen (secondary N) is 1. The van der Waals surface area contributed by atoms with Crippen molar-refractivity contribution in [3.05, 3.63) is 74.5 Å². The van der Waals surface area contributed by atoms with E-state index >= 15 is 0 Å². The minimum absolute atomic E-state index is 0.299. The summed E-state index contributed by atoms with van der Waals surface area (Å²) >= 11 is 7.29. The highest BCUT2D eigenvalue weighted by Crippen LogP contribution is 2.31. The highest BCUT2D eigenvalue weighted by molar-refractivity contribution is 7.11. The fraction of sp³-hybridized carbons (Fsp3) is 0.0870. The van der Waals surface area contributed by atoms with Gasteiger partial charge in [0.2, 0.25) is 0 Å². The summed E-state index contributed by atoms with van der Waals surface area (Å²) in [5.74, 6) is 1.16. The summed E-state index contributed by atoms with van der Waals surface area (Å²) in [6.07, 6.45) is 1.55. The summed E-state index contributed by atoms with van der Waals surface area (Å²) < 4.78 is 15.9. The Morgan fingerprint density at radius 3 is 2.75 bits per heavy atom. The van der Waals surface area contributed by atoms with Gasteiger partial charge in [-0.1, -0.05) is 11.6 Å². The molecule has 2 heterocycles. The summed E-state index contributed by atoms with van der Waals surface area (Å²) in [6.45, 7) is 0. The zero-order valence-electron chi connectivity index (χ0n) is 17.0. The van der Waals surface area contributed by atoms with Crippen molar-refractivity contribution in [2.75, 3.05) is 19.5 Å². The van der Waals surface area contributed by atoms with Gasteiger partial charge in [0, 0.05) is 33.7 Å². The van der Waals surface area contributed by atoms with Gasteiger partial charge in [-0.2, -0.15) is 5.26 Å². The van der Waals surface area contributed by atoms with E-state index in [2.05, 4.69) is 16.4 Å². The predicted octanol–water partition coefficient (Wildman–Crippen LogP) is 5.56. The summed E-state index contributed by atoms with van der Waals surface area (Å²) in [5.41, 5.74) is 1.67. The van der Waals surface area contributed by atoms with Crippen LogP contribution in [0.1, 0.15) is 5.01 Å². The average molecular weight is 466 g/mol. The first kappa shape index (κ1) is 21.4. The molecule has 0 fully saturated rings. The van der Waals surface area contributed by atoms with Crippen molar-refractivity contribution in [1.82, 2.24) is 4.98 Å². The third-order valence-electron chi connectivity index (χ3n) is 4.59. The van der Waals surface area contributed by atoms with Crippen molar-refractivity contribution in [1.29, 1.82) is 5.26 Å². The first-order chi connectivity index (χ1) is 15.5. The van der Waals surface area contributed by atoms with E-state index in [9.17, 15) is 10.1 Å². The molecule has 0 atom stereocenters. The van der Waals surface area contributed by atoms with Crippen LogP contribution in [0.5, 0.6) is 11.5 Å². The lowest BCUT2D eigenvalue weighted by Gasteiger charge is -2.09. The van der Waals surface area contributed by atoms with Crippen LogP contribution in [0.15, 0.2) is 63.3 Å². The molecule has 2 aromatic carbocycles. The van der Waals surface area contributed by atoms with E-state index in [1.165, 1.54) is 11.3 Å². The Balaban J connectivity index is 1.63. The molecule has 0 spiro atoms. The van der Waals surface area contributed by atoms with Crippen LogP contribution in [-0.4, -0.2) is 19.2 Å². The van der Waals surface area contributed by atoms with Crippen molar-refractivity contribution in [3.8, 4) is 28.8 Å². The summed E-state index contributed by atoms with van der Waals surface area (Å²) in [7, 11) is 3.11. The van der Waals surface area contributed by atoms with E-state index in [4.69, 9.17) is 25.5 Å². The van der Waals surface area contributed by atoms with E-state index in [0.29, 0.717) is 55.0 Å². The fourth-order valence-electron chi connectivity index (χ4n) is 3.02. The molecule has 0 saturated heterocycles. The number of benzene rings is 2. The second kappa shape index (κ2) is 9.14. The number of hydrogen-bond acceptors (Lipinski definition) is 8. The van der Waals surface area contributed by atoms with Crippen LogP contribution < -0.4 is 20.4 Å². The molecule has 0 saturated carbocycles. The maximum atomic E-state index is 12.4. The zero-order chi connectivity index (χ0) is 22.7. The smallest absolute Gasteiger partial charge is 0.345 e. The van der Waals surface area contributed by atoms with Crippen molar-refractivity contribution in [3.63, 3.8) is 0 Å². The van der Waals surface area contributed by atoms with Crippen molar-refractivity contribution in [2.45, 2.75) is 0 Å². The standard InChI is InChI=1S/C23H16ClN3O4S/c1-29-20-6-4-16(9-21(20)30-2)26-11-14(10-25)22-27-18(12-32-22)17-8-13-7-15(24)3-5-19(13)31-23(17)28/h3-9,11-12,26H,1-2H3. The number of anilines is 1. The van der Waals surface area contributed by atoms with Crippen molar-refractivity contribution < 1.29 is 13.9 Å². The fourth-order valence-corrected chi connectivity index (χ4v) is 3.98. The second-order valence-corrected chi connectivity index (χ2v) is 7.85. The van der Waals surface area contributed by atoms with Gasteiger partial charge in [-0.25, -0.2) is 9.78 Å². The van der Waals surface area contributed by atoms with Gasteiger partial charge in [-0.3, -0.25) is 0 Å². The molecule has 1 N–H and O–H groups in total. The van der Waals surface area contributed by atoms with E-state index in [-0.39, 0.29) is 0 Å². The quantitative estimate of drug-likeness (QED) is 0.294. The molecule has 2 aromatic heterocycles. The third-order valence-corrected chi connectivity index (χ3v) is 5.70. The Kier molecular flexibility index (Phi) is 6.12. The number of nitrogens with zero attached hydrogens (tertiary/aromatic N) is 2. The van der Waals surface area contributed by atoms with E-state index in [0.717, 1.165) is 0 Å². The number of thiazole rings is 1. The van der Waals surface area contributed by atoms with Crippen LogP contribution in [0, 0.1) is 11.3 Å². The number of hydrogen-bond donors (Lipinski definition) is 1. The van der Waals surface area contributed by atoms with Crippen molar-refractivity contribution in [2.24, 2.45) is 0 Å². The number of rotatable bonds is 6. The Morgan fingerprint density at radius 2 is 2.00 bits per heavy atom. The molecule has 32 heavy (non-hydrogen) atoms. The van der Waals surface area contributed by atoms with Crippen LogP contribution >= 0.6 is 22.9 Å². The van der Waals surface area contributed by atoms with Gasteiger partial charge in [0.25, 0.3) is 0 Å². The number of allylic oxidation sites excluding steroid dienone is 1. The topological polar surface area (TPSA) is 97.4 Å². The Labute approximate surface area is 192 Å². The van der Waals surface area contributed by atoms with E-state index in [1.54, 1.807) is 68.3 Å². The zero-order valence-corrected chi connectivity index (χ0v) is 18.6. The first-order valence-electron chi connectivity index (χ1n) is 9.31. The van der Waals surface area contributed by atoms with E-state index < -0.39 is 5.63 Å². The molecule has 0 amide bonds. The predicted molar refractivity (Wildman–Crippen MR) is 125 cm³/mol. The number of nitriles is 1. The molecule has 0 aliphatic carbocycles. The van der Waals surface area contributed by atoms with Crippen LogP contribution in [0.4, 0.5) is 5.69 Å². The number of halogens is 1. The average Bonchev–Trinajstić information content (AvgIpc) is 3.29. The van der Waals surface area contributed by atoms with Gasteiger partial charge in [0.1, 0.15) is 22.2 Å². The molecular formula is C23H16ClN3O4S. The Morgan fingerprint density at radius 1 is 1.19 bits per heavy atom. The number of methoxy groups -OCH3 is 2. The van der Waals surface area contributed by atoms with Gasteiger partial charge in [-0.15, -0.1) is 11.3 Å². The van der Waals surface area contributed by atoms with Crippen molar-refractivity contribution >= 4 is 45.2 Å². The molecule has 0 aliphatic rings. The SMILES string of the molecule is COc1ccc(NC=C(C#N)c2nc(-c3cc4cc(Cl)ccc4oc3=O)cs2)cc1OC. The van der Waals surface area contributed by atoms with Crippen LogP contribution in [0.2, 0.25) is 5.02 Å². The molecule has 7 nitrogen and oxygen atoms in total. The largest absolute Gasteiger partial charge is 0.493 e. The molecule has 9 heteroatoms. The number of aromatic nitrogens is 1. The van der Waals surface area contributed by atoms with Crippen LogP contribution in [0.25, 0.3) is 27.8 Å². The highest BCUT2D eigenvalue weighted by Gasteiger charge is 2.14. The molecular weight excluding hydrogens is 450 g/mol. The Hall–Kier alpha value is -3.80. The highest BCUT2D eigenvalue weighted by atomic mass is 35.5. The lowest BCUT2D eigenvalue weighted by atomic mass is 10.1. The van der Waals surface area contributed by atoms with Gasteiger partial charge in [-0.05, 0) is 36.4 Å². The first-order valence-corrected chi connectivity index (χ1v) is 10.6. The monoisotopic (exact) mass is 465 g/mol. The van der Waals surface area contributed by atoms with Gasteiger partial charge in [0.05, 0.1) is 25.5 Å². The minimum Gasteiger partial charge on any atom is -0.493 e. The lowest BCUT2D eigenvalue weighted by molar-refractivity contribution is 0.355. The Bertz CT molecular complexity index is 1440.